The third-order valence-electron chi connectivity index (χ3n) is 13.6. The van der Waals surface area contributed by atoms with E-state index in [2.05, 4.69) is 237 Å². The molecule has 0 unspecified atom stereocenters. The summed E-state index contributed by atoms with van der Waals surface area (Å²) in [6, 6.07) is 92.0. The Morgan fingerprint density at radius 3 is 1.24 bits per heavy atom. The van der Waals surface area contributed by atoms with Crippen molar-refractivity contribution in [2.24, 2.45) is 0 Å². The minimum absolute atomic E-state index is 0.705. The summed E-state index contributed by atoms with van der Waals surface area (Å²) in [5.41, 5.74) is 14.5. The van der Waals surface area contributed by atoms with Gasteiger partial charge in [0.1, 0.15) is 0 Å². The molecule has 2 nitrogen and oxygen atoms in total. The van der Waals surface area contributed by atoms with Gasteiger partial charge >= 0.3 is 0 Å². The highest BCUT2D eigenvalue weighted by atomic mass is 14.9. The molecule has 0 amide bonds. The molecule has 316 valence electrons. The van der Waals surface area contributed by atoms with Gasteiger partial charge in [0.05, 0.1) is 11.4 Å². The van der Waals surface area contributed by atoms with Gasteiger partial charge in [-0.05, 0) is 123 Å². The number of aromatic nitrogens is 2. The van der Waals surface area contributed by atoms with Crippen molar-refractivity contribution in [1.82, 2.24) is 9.97 Å². The molecule has 0 aliphatic carbocycles. The Bertz CT molecular complexity index is 4040. The van der Waals surface area contributed by atoms with E-state index in [0.29, 0.717) is 5.82 Å². The summed E-state index contributed by atoms with van der Waals surface area (Å²) in [5.74, 6) is 0.705. The van der Waals surface area contributed by atoms with E-state index in [9.17, 15) is 0 Å². The van der Waals surface area contributed by atoms with Crippen LogP contribution in [0.5, 0.6) is 0 Å². The molecule has 13 rings (SSSR count). The first-order chi connectivity index (χ1) is 33.7. The minimum atomic E-state index is 0.705. The normalized spacial score (nSPS) is 11.5. The quantitative estimate of drug-likeness (QED) is 0.118. The maximum Gasteiger partial charge on any atom is 0.160 e. The lowest BCUT2D eigenvalue weighted by Crippen LogP contribution is -1.96. The zero-order chi connectivity index (χ0) is 45.0. The van der Waals surface area contributed by atoms with Crippen LogP contribution >= 0.6 is 0 Å². The first-order valence-corrected chi connectivity index (χ1v) is 23.3. The molecule has 0 aliphatic rings. The van der Waals surface area contributed by atoms with Gasteiger partial charge in [0, 0.05) is 16.7 Å². The van der Waals surface area contributed by atoms with E-state index in [0.717, 1.165) is 33.6 Å². The summed E-state index contributed by atoms with van der Waals surface area (Å²) < 4.78 is 0. The van der Waals surface area contributed by atoms with Crippen molar-refractivity contribution >= 4 is 53.9 Å². The molecule has 2 heteroatoms. The monoisotopic (exact) mass is 862 g/mol. The first-order valence-electron chi connectivity index (χ1n) is 23.3. The fraction of sp³-hybridized carbons (Fsp3) is 0. The molecule has 0 saturated carbocycles. The Morgan fingerprint density at radius 1 is 0.206 bits per heavy atom. The van der Waals surface area contributed by atoms with E-state index in [1.54, 1.807) is 0 Å². The van der Waals surface area contributed by atoms with Crippen LogP contribution in [0.15, 0.2) is 255 Å². The predicted octanol–water partition coefficient (Wildman–Crippen LogP) is 17.9. The zero-order valence-corrected chi connectivity index (χ0v) is 37.1. The van der Waals surface area contributed by atoms with E-state index in [1.165, 1.54) is 92.8 Å². The van der Waals surface area contributed by atoms with Crippen molar-refractivity contribution in [3.8, 4) is 78.4 Å². The standard InChI is InChI=1S/C66H42N2/c1-3-15-49(16-4-1)63-58-21-11-12-22-59(58)64(65-57-20-10-9-14-46(57)37-38-60(63)65)56-36-35-54-40-53(33-34-55(54)41-56)45-25-30-48(31-26-45)62-42-61(67-66(68-62)50-17-5-2-6-18-50)47-28-23-44(24-29-47)52-32-27-43-13-7-8-19-51(43)39-52/h1-42H. The average molecular weight is 863 g/mol. The maximum absolute atomic E-state index is 5.13. The molecular formula is C66H42N2. The van der Waals surface area contributed by atoms with Gasteiger partial charge in [-0.3, -0.25) is 0 Å². The number of benzene rings is 12. The van der Waals surface area contributed by atoms with E-state index in [-0.39, 0.29) is 0 Å². The molecule has 12 aromatic carbocycles. The summed E-state index contributed by atoms with van der Waals surface area (Å²) >= 11 is 0. The molecule has 0 N–H and O–H groups in total. The smallest absolute Gasteiger partial charge is 0.160 e. The van der Waals surface area contributed by atoms with Crippen molar-refractivity contribution < 1.29 is 0 Å². The van der Waals surface area contributed by atoms with Gasteiger partial charge in [-0.25, -0.2) is 9.97 Å². The fourth-order valence-corrected chi connectivity index (χ4v) is 10.2. The number of rotatable bonds is 7. The maximum atomic E-state index is 5.13. The first kappa shape index (κ1) is 39.4. The lowest BCUT2D eigenvalue weighted by atomic mass is 9.83. The molecule has 0 aliphatic heterocycles. The molecule has 0 radical (unpaired) electrons. The Balaban J connectivity index is 0.855. The molecule has 68 heavy (non-hydrogen) atoms. The van der Waals surface area contributed by atoms with Crippen molar-refractivity contribution in [2.45, 2.75) is 0 Å². The van der Waals surface area contributed by atoms with Crippen LogP contribution in [-0.2, 0) is 0 Å². The van der Waals surface area contributed by atoms with Crippen LogP contribution in [0.4, 0.5) is 0 Å². The largest absolute Gasteiger partial charge is 0.228 e. The third kappa shape index (κ3) is 6.99. The van der Waals surface area contributed by atoms with Crippen molar-refractivity contribution in [1.29, 1.82) is 0 Å². The van der Waals surface area contributed by atoms with Crippen LogP contribution in [0.25, 0.3) is 132 Å². The van der Waals surface area contributed by atoms with Crippen molar-refractivity contribution in [2.75, 3.05) is 0 Å². The molecule has 0 spiro atoms. The van der Waals surface area contributed by atoms with Gasteiger partial charge in [-0.1, -0.05) is 231 Å². The molecule has 1 aromatic heterocycles. The topological polar surface area (TPSA) is 25.8 Å². The Hall–Kier alpha value is -8.98. The second-order valence-electron chi connectivity index (χ2n) is 17.7. The molecule has 0 bridgehead atoms. The summed E-state index contributed by atoms with van der Waals surface area (Å²) in [6.45, 7) is 0. The van der Waals surface area contributed by atoms with Gasteiger partial charge in [-0.2, -0.15) is 0 Å². The summed E-state index contributed by atoms with van der Waals surface area (Å²) in [6.07, 6.45) is 0. The van der Waals surface area contributed by atoms with Crippen molar-refractivity contribution in [3.05, 3.63) is 255 Å². The highest BCUT2D eigenvalue weighted by molar-refractivity contribution is 6.28. The second kappa shape index (κ2) is 16.5. The highest BCUT2D eigenvalue weighted by Gasteiger charge is 2.19. The predicted molar refractivity (Wildman–Crippen MR) is 288 cm³/mol. The number of fused-ring (bicyclic) bond motifs is 6. The molecule has 0 saturated heterocycles. The highest BCUT2D eigenvalue weighted by Crippen LogP contribution is 2.47. The van der Waals surface area contributed by atoms with E-state index < -0.39 is 0 Å². The second-order valence-corrected chi connectivity index (χ2v) is 17.7. The third-order valence-corrected chi connectivity index (χ3v) is 13.6. The van der Waals surface area contributed by atoms with Crippen molar-refractivity contribution in [3.63, 3.8) is 0 Å². The average Bonchev–Trinajstić information content (AvgIpc) is 3.42. The molecule has 0 fully saturated rings. The van der Waals surface area contributed by atoms with Crippen LogP contribution in [0.1, 0.15) is 0 Å². The summed E-state index contributed by atoms with van der Waals surface area (Å²) in [7, 11) is 0. The fourth-order valence-electron chi connectivity index (χ4n) is 10.2. The zero-order valence-electron chi connectivity index (χ0n) is 37.1. The molecule has 13 aromatic rings. The number of hydrogen-bond acceptors (Lipinski definition) is 2. The van der Waals surface area contributed by atoms with Crippen LogP contribution in [0.2, 0.25) is 0 Å². The van der Waals surface area contributed by atoms with E-state index in [4.69, 9.17) is 9.97 Å². The SMILES string of the molecule is c1ccc(-c2nc(-c3ccc(-c4ccc5ccccc5c4)cc3)cc(-c3ccc(-c4ccc5cc(-c6c7ccccc7c(-c7ccccc7)c7ccc8ccccc8c67)ccc5c4)cc3)n2)cc1. The van der Waals surface area contributed by atoms with Crippen LogP contribution < -0.4 is 0 Å². The molecule has 0 atom stereocenters. The van der Waals surface area contributed by atoms with Gasteiger partial charge in [0.25, 0.3) is 0 Å². The van der Waals surface area contributed by atoms with Gasteiger partial charge < -0.3 is 0 Å². The van der Waals surface area contributed by atoms with Crippen LogP contribution in [0.3, 0.4) is 0 Å². The van der Waals surface area contributed by atoms with Gasteiger partial charge in [-0.15, -0.1) is 0 Å². The van der Waals surface area contributed by atoms with Crippen LogP contribution in [-0.4, -0.2) is 9.97 Å². The number of nitrogens with zero attached hydrogens (tertiary/aromatic N) is 2. The van der Waals surface area contributed by atoms with E-state index >= 15 is 0 Å². The summed E-state index contributed by atoms with van der Waals surface area (Å²) in [4.78, 5) is 10.2. The minimum Gasteiger partial charge on any atom is -0.228 e. The number of hydrogen-bond donors (Lipinski definition) is 0. The summed E-state index contributed by atoms with van der Waals surface area (Å²) in [5, 5.41) is 12.5. The molecule has 1 heterocycles. The lowest BCUT2D eigenvalue weighted by molar-refractivity contribution is 1.18. The van der Waals surface area contributed by atoms with Crippen LogP contribution in [0, 0.1) is 0 Å². The Labute approximate surface area is 395 Å². The Kier molecular flexibility index (Phi) is 9.54. The lowest BCUT2D eigenvalue weighted by Gasteiger charge is -2.19. The van der Waals surface area contributed by atoms with Gasteiger partial charge in [0.15, 0.2) is 5.82 Å². The Morgan fingerprint density at radius 2 is 0.618 bits per heavy atom. The molecular weight excluding hydrogens is 821 g/mol. The van der Waals surface area contributed by atoms with E-state index in [1.807, 2.05) is 18.2 Å². The van der Waals surface area contributed by atoms with Gasteiger partial charge in [0.2, 0.25) is 0 Å².